The summed E-state index contributed by atoms with van der Waals surface area (Å²) in [7, 11) is 0. The molecule has 3 atom stereocenters. The number of amides is 5. The maximum Gasteiger partial charge on any atom is 0.408 e. The summed E-state index contributed by atoms with van der Waals surface area (Å²) >= 11 is 0. The first kappa shape index (κ1) is 47.6. The molecule has 0 aliphatic rings. The van der Waals surface area contributed by atoms with E-state index in [1.165, 1.54) is 0 Å². The maximum atomic E-state index is 14.2. The highest BCUT2D eigenvalue weighted by Crippen LogP contribution is 2.20. The molecule has 0 saturated heterocycles. The predicted octanol–water partition coefficient (Wildman–Crippen LogP) is 6.86. The highest BCUT2D eigenvalue weighted by molar-refractivity contribution is 5.94. The number of aromatic nitrogens is 1. The van der Waals surface area contributed by atoms with Crippen LogP contribution in [0.1, 0.15) is 91.3 Å². The topological polar surface area (TPSA) is 189 Å². The smallest absolute Gasteiger partial charge is 0.408 e. The second kappa shape index (κ2) is 22.5. The fourth-order valence-electron chi connectivity index (χ4n) is 6.42. The molecular weight excluding hydrogens is 777 g/mol. The SMILES string of the molecule is CC(C)C[C@H](NC(=O)[C@H](Cc1ccc(OCc2ccccc2)cc1)NC(=O)OC(C)(C)C)C(=O)N[C@@H](Cc1c[nH]c2ccccc12)C(=O)NCCCCNC(=O)OC(C)(C)C. The van der Waals surface area contributed by atoms with Gasteiger partial charge in [0.05, 0.1) is 0 Å². The van der Waals surface area contributed by atoms with Gasteiger partial charge in [0.15, 0.2) is 0 Å². The van der Waals surface area contributed by atoms with Crippen molar-refractivity contribution in [2.75, 3.05) is 13.1 Å². The Morgan fingerprint density at radius 3 is 1.84 bits per heavy atom. The lowest BCUT2D eigenvalue weighted by Crippen LogP contribution is -2.58. The standard InChI is InChI=1S/C47H64N6O8/c1-31(2)26-38(51-43(56)39(53-45(58)61-47(6,7)8)27-32-20-22-35(23-21-32)59-30-33-16-10-9-11-17-33)42(55)52-40(28-34-29-50-37-19-13-12-18-36(34)37)41(54)48-24-14-15-25-49-44(57)60-46(3,4)5/h9-13,16-23,29,31,38-40,50H,14-15,24-28,30H2,1-8H3,(H,48,54)(H,49,57)(H,51,56)(H,52,55)(H,53,58)/t38-,39-,40-/m0/s1. The van der Waals surface area contributed by atoms with E-state index in [-0.39, 0.29) is 25.2 Å². The molecule has 1 heterocycles. The Balaban J connectivity index is 1.47. The summed E-state index contributed by atoms with van der Waals surface area (Å²) in [6, 6.07) is 21.6. The monoisotopic (exact) mass is 840 g/mol. The first-order valence-electron chi connectivity index (χ1n) is 21.0. The van der Waals surface area contributed by atoms with Crippen molar-refractivity contribution in [3.63, 3.8) is 0 Å². The number of carbonyl (C=O) groups is 5. The van der Waals surface area contributed by atoms with Gasteiger partial charge in [0.25, 0.3) is 0 Å². The molecule has 5 amide bonds. The number of unbranched alkanes of at least 4 members (excludes halogenated alkanes) is 1. The molecule has 3 aromatic carbocycles. The molecule has 6 N–H and O–H groups in total. The normalized spacial score (nSPS) is 13.1. The molecule has 14 nitrogen and oxygen atoms in total. The minimum Gasteiger partial charge on any atom is -0.489 e. The first-order valence-corrected chi connectivity index (χ1v) is 21.0. The predicted molar refractivity (Wildman–Crippen MR) is 236 cm³/mol. The van der Waals surface area contributed by atoms with Gasteiger partial charge in [-0.15, -0.1) is 0 Å². The minimum absolute atomic E-state index is 0.0214. The summed E-state index contributed by atoms with van der Waals surface area (Å²) in [5.41, 5.74) is 2.06. The minimum atomic E-state index is -1.11. The lowest BCUT2D eigenvalue weighted by Gasteiger charge is -2.27. The molecule has 0 aliphatic heterocycles. The van der Waals surface area contributed by atoms with Crippen molar-refractivity contribution in [3.05, 3.63) is 102 Å². The summed E-state index contributed by atoms with van der Waals surface area (Å²) < 4.78 is 16.7. The van der Waals surface area contributed by atoms with Crippen molar-refractivity contribution in [1.29, 1.82) is 0 Å². The first-order chi connectivity index (χ1) is 28.8. The Morgan fingerprint density at radius 1 is 0.607 bits per heavy atom. The molecule has 4 aromatic rings. The van der Waals surface area contributed by atoms with Crippen LogP contribution in [0.25, 0.3) is 10.9 Å². The Kier molecular flexibility index (Phi) is 17.6. The summed E-state index contributed by atoms with van der Waals surface area (Å²) in [4.78, 5) is 70.4. The van der Waals surface area contributed by atoms with E-state index in [2.05, 4.69) is 31.6 Å². The van der Waals surface area contributed by atoms with Crippen LogP contribution in [-0.2, 0) is 43.3 Å². The summed E-state index contributed by atoms with van der Waals surface area (Å²) in [5, 5.41) is 15.1. The van der Waals surface area contributed by atoms with Crippen LogP contribution in [-0.4, -0.2) is 77.3 Å². The van der Waals surface area contributed by atoms with E-state index in [1.807, 2.05) is 86.8 Å². The molecule has 0 spiro atoms. The lowest BCUT2D eigenvalue weighted by molar-refractivity contribution is -0.133. The molecule has 0 radical (unpaired) electrons. The van der Waals surface area contributed by atoms with E-state index in [4.69, 9.17) is 14.2 Å². The van der Waals surface area contributed by atoms with Crippen LogP contribution in [0.3, 0.4) is 0 Å². The Morgan fingerprint density at radius 2 is 1.18 bits per heavy atom. The third-order valence-corrected chi connectivity index (χ3v) is 9.26. The van der Waals surface area contributed by atoms with Crippen molar-refractivity contribution in [2.24, 2.45) is 5.92 Å². The number of hydrogen-bond acceptors (Lipinski definition) is 8. The van der Waals surface area contributed by atoms with Gasteiger partial charge in [0.2, 0.25) is 17.7 Å². The summed E-state index contributed by atoms with van der Waals surface area (Å²) in [6.07, 6.45) is 2.22. The Labute approximate surface area is 359 Å². The number of ether oxygens (including phenoxy) is 3. The van der Waals surface area contributed by atoms with E-state index in [9.17, 15) is 24.0 Å². The molecule has 1 aromatic heterocycles. The van der Waals surface area contributed by atoms with Crippen molar-refractivity contribution >= 4 is 40.8 Å². The zero-order valence-corrected chi connectivity index (χ0v) is 36.8. The Hall–Kier alpha value is -6.05. The van der Waals surface area contributed by atoms with Crippen LogP contribution in [0.15, 0.2) is 85.1 Å². The molecule has 14 heteroatoms. The lowest BCUT2D eigenvalue weighted by atomic mass is 9.99. The van der Waals surface area contributed by atoms with Crippen molar-refractivity contribution < 1.29 is 38.2 Å². The second-order valence-electron chi connectivity index (χ2n) is 17.6. The van der Waals surface area contributed by atoms with Crippen LogP contribution in [0.5, 0.6) is 5.75 Å². The number of para-hydroxylation sites is 1. The van der Waals surface area contributed by atoms with E-state index >= 15 is 0 Å². The molecule has 0 aliphatic carbocycles. The summed E-state index contributed by atoms with van der Waals surface area (Å²) in [5.74, 6) is -0.905. The fourth-order valence-corrected chi connectivity index (χ4v) is 6.42. The number of fused-ring (bicyclic) bond motifs is 1. The van der Waals surface area contributed by atoms with Gasteiger partial charge in [-0.2, -0.15) is 0 Å². The van der Waals surface area contributed by atoms with Crippen molar-refractivity contribution in [2.45, 2.75) is 123 Å². The second-order valence-corrected chi connectivity index (χ2v) is 17.6. The van der Waals surface area contributed by atoms with Crippen LogP contribution < -0.4 is 31.3 Å². The highest BCUT2D eigenvalue weighted by Gasteiger charge is 2.32. The van der Waals surface area contributed by atoms with Crippen LogP contribution in [0.4, 0.5) is 9.59 Å². The number of hydrogen-bond donors (Lipinski definition) is 6. The molecule has 4 rings (SSSR count). The maximum absolute atomic E-state index is 14.2. The van der Waals surface area contributed by atoms with E-state index in [1.54, 1.807) is 53.7 Å². The van der Waals surface area contributed by atoms with Gasteiger partial charge in [-0.25, -0.2) is 9.59 Å². The van der Waals surface area contributed by atoms with Gasteiger partial charge in [0, 0.05) is 43.0 Å². The van der Waals surface area contributed by atoms with Gasteiger partial charge in [-0.1, -0.05) is 74.5 Å². The number of H-pyrrole nitrogens is 1. The van der Waals surface area contributed by atoms with Crippen LogP contribution in [0.2, 0.25) is 0 Å². The molecule has 0 saturated carbocycles. The van der Waals surface area contributed by atoms with Gasteiger partial charge in [-0.05, 0) is 102 Å². The van der Waals surface area contributed by atoms with Crippen molar-refractivity contribution in [1.82, 2.24) is 31.6 Å². The third-order valence-electron chi connectivity index (χ3n) is 9.26. The van der Waals surface area contributed by atoms with Gasteiger partial charge in [0.1, 0.15) is 41.7 Å². The quantitative estimate of drug-likeness (QED) is 0.0521. The summed E-state index contributed by atoms with van der Waals surface area (Å²) in [6.45, 7) is 15.5. The van der Waals surface area contributed by atoms with Gasteiger partial charge < -0.3 is 45.8 Å². The van der Waals surface area contributed by atoms with E-state index in [0.29, 0.717) is 38.3 Å². The van der Waals surface area contributed by atoms with Crippen LogP contribution >= 0.6 is 0 Å². The molecule has 0 unspecified atom stereocenters. The van der Waals surface area contributed by atoms with Gasteiger partial charge in [-0.3, -0.25) is 14.4 Å². The Bertz CT molecular complexity index is 2040. The zero-order valence-electron chi connectivity index (χ0n) is 36.8. The molecule has 61 heavy (non-hydrogen) atoms. The number of carbonyl (C=O) groups excluding carboxylic acids is 5. The van der Waals surface area contributed by atoms with Gasteiger partial charge >= 0.3 is 12.2 Å². The zero-order chi connectivity index (χ0) is 44.6. The third kappa shape index (κ3) is 17.2. The molecule has 330 valence electrons. The highest BCUT2D eigenvalue weighted by atomic mass is 16.6. The average molecular weight is 841 g/mol. The average Bonchev–Trinajstić information content (AvgIpc) is 3.59. The molecule has 0 fully saturated rings. The van der Waals surface area contributed by atoms with E-state index in [0.717, 1.165) is 27.6 Å². The number of benzene rings is 3. The number of alkyl carbamates (subject to hydrolysis) is 2. The van der Waals surface area contributed by atoms with E-state index < -0.39 is 59.2 Å². The number of rotatable bonds is 20. The number of nitrogens with one attached hydrogen (secondary N) is 6. The fraction of sp³-hybridized carbons (Fsp3) is 0.468. The molecule has 0 bridgehead atoms. The molecular formula is C47H64N6O8. The van der Waals surface area contributed by atoms with Crippen LogP contribution in [0, 0.1) is 5.92 Å². The number of aromatic amines is 1. The largest absolute Gasteiger partial charge is 0.489 e. The van der Waals surface area contributed by atoms with Crippen molar-refractivity contribution in [3.8, 4) is 5.75 Å².